The third-order valence-corrected chi connectivity index (χ3v) is 2.42. The molecule has 0 aromatic heterocycles. The van der Waals surface area contributed by atoms with Gasteiger partial charge in [-0.1, -0.05) is 0 Å². The smallest absolute Gasteiger partial charge is 0.305 e. The van der Waals surface area contributed by atoms with Crippen LogP contribution in [0.2, 0.25) is 0 Å². The van der Waals surface area contributed by atoms with Crippen molar-refractivity contribution in [1.82, 2.24) is 10.6 Å². The lowest BCUT2D eigenvalue weighted by Crippen LogP contribution is -2.50. The van der Waals surface area contributed by atoms with Crippen molar-refractivity contribution in [1.29, 1.82) is 0 Å². The lowest BCUT2D eigenvalue weighted by molar-refractivity contribution is -0.140. The molecule has 6 heteroatoms. The molecule has 0 aliphatic carbocycles. The third-order valence-electron chi connectivity index (χ3n) is 2.42. The fraction of sp³-hybridized carbons (Fsp3) is 0.700. The molecule has 1 fully saturated rings. The fourth-order valence-corrected chi connectivity index (χ4v) is 1.50. The van der Waals surface area contributed by atoms with E-state index in [1.807, 2.05) is 0 Å². The second-order valence-corrected chi connectivity index (χ2v) is 3.64. The van der Waals surface area contributed by atoms with Crippen molar-refractivity contribution in [3.63, 3.8) is 0 Å². The molecule has 2 amide bonds. The van der Waals surface area contributed by atoms with Crippen molar-refractivity contribution < 1.29 is 19.1 Å². The summed E-state index contributed by atoms with van der Waals surface area (Å²) < 4.78 is 4.49. The molecule has 1 saturated heterocycles. The number of nitrogens with one attached hydrogen (secondary N) is 2. The first-order chi connectivity index (χ1) is 7.63. The number of hydrogen-bond acceptors (Lipinski definition) is 5. The van der Waals surface area contributed by atoms with Crippen LogP contribution in [-0.4, -0.2) is 37.5 Å². The minimum atomic E-state index is -0.324. The Morgan fingerprint density at radius 3 is 2.94 bits per heavy atom. The van der Waals surface area contributed by atoms with Gasteiger partial charge in [0.1, 0.15) is 0 Å². The number of methoxy groups -OCH3 is 1. The summed E-state index contributed by atoms with van der Waals surface area (Å²) in [6.45, 7) is 0.557. The number of amides is 2. The van der Waals surface area contributed by atoms with E-state index in [-0.39, 0.29) is 23.8 Å². The Balaban J connectivity index is 2.15. The molecule has 6 nitrogen and oxygen atoms in total. The molecule has 0 spiro atoms. The van der Waals surface area contributed by atoms with Crippen LogP contribution in [0.5, 0.6) is 0 Å². The standard InChI is InChI=1S/C10H16N2O4/c1-16-9(14)3-2-6-11-7-4-5-8(13)12-10(7)15/h7,11H,2-6H2,1H3,(H,12,13,15). The van der Waals surface area contributed by atoms with E-state index in [0.717, 1.165) is 0 Å². The maximum atomic E-state index is 11.3. The van der Waals surface area contributed by atoms with Gasteiger partial charge in [-0.15, -0.1) is 0 Å². The first-order valence-electron chi connectivity index (χ1n) is 5.27. The van der Waals surface area contributed by atoms with Crippen LogP contribution in [0.4, 0.5) is 0 Å². The highest BCUT2D eigenvalue weighted by molar-refractivity contribution is 6.00. The Kier molecular flexibility index (Phi) is 4.91. The van der Waals surface area contributed by atoms with Gasteiger partial charge in [-0.3, -0.25) is 19.7 Å². The van der Waals surface area contributed by atoms with E-state index in [0.29, 0.717) is 32.2 Å². The summed E-state index contributed by atoms with van der Waals surface area (Å²) in [5.41, 5.74) is 0. The summed E-state index contributed by atoms with van der Waals surface area (Å²) in [5.74, 6) is -0.767. The lowest BCUT2D eigenvalue weighted by atomic mass is 10.1. The molecule has 0 aromatic carbocycles. The Morgan fingerprint density at radius 1 is 1.56 bits per heavy atom. The molecule has 0 bridgehead atoms. The molecule has 0 aromatic rings. The second kappa shape index (κ2) is 6.22. The van der Waals surface area contributed by atoms with Gasteiger partial charge in [-0.2, -0.15) is 0 Å². The van der Waals surface area contributed by atoms with Gasteiger partial charge < -0.3 is 10.1 Å². The number of rotatable bonds is 5. The Morgan fingerprint density at radius 2 is 2.31 bits per heavy atom. The van der Waals surface area contributed by atoms with E-state index in [1.165, 1.54) is 7.11 Å². The molecule has 0 radical (unpaired) electrons. The predicted molar refractivity (Wildman–Crippen MR) is 55.4 cm³/mol. The molecule has 1 heterocycles. The number of carbonyl (C=O) groups excluding carboxylic acids is 3. The zero-order valence-electron chi connectivity index (χ0n) is 9.25. The van der Waals surface area contributed by atoms with E-state index >= 15 is 0 Å². The molecular formula is C10H16N2O4. The molecule has 90 valence electrons. The Bertz CT molecular complexity index is 291. The highest BCUT2D eigenvalue weighted by Crippen LogP contribution is 2.04. The molecule has 16 heavy (non-hydrogen) atoms. The van der Waals surface area contributed by atoms with Crippen molar-refractivity contribution in [2.75, 3.05) is 13.7 Å². The van der Waals surface area contributed by atoms with Gasteiger partial charge in [0.25, 0.3) is 0 Å². The van der Waals surface area contributed by atoms with Crippen LogP contribution in [0.3, 0.4) is 0 Å². The zero-order chi connectivity index (χ0) is 12.0. The van der Waals surface area contributed by atoms with Crippen LogP contribution in [0.15, 0.2) is 0 Å². The van der Waals surface area contributed by atoms with Gasteiger partial charge in [0.15, 0.2) is 0 Å². The first kappa shape index (κ1) is 12.6. The molecule has 1 aliphatic rings. The quantitative estimate of drug-likeness (QED) is 0.370. The highest BCUT2D eigenvalue weighted by Gasteiger charge is 2.25. The summed E-state index contributed by atoms with van der Waals surface area (Å²) >= 11 is 0. The number of imide groups is 1. The molecule has 0 saturated carbocycles. The van der Waals surface area contributed by atoms with E-state index in [4.69, 9.17) is 0 Å². The van der Waals surface area contributed by atoms with Crippen LogP contribution < -0.4 is 10.6 Å². The topological polar surface area (TPSA) is 84.5 Å². The minimum Gasteiger partial charge on any atom is -0.469 e. The lowest BCUT2D eigenvalue weighted by Gasteiger charge is -2.21. The average molecular weight is 228 g/mol. The van der Waals surface area contributed by atoms with E-state index in [1.54, 1.807) is 0 Å². The number of ether oxygens (including phenoxy) is 1. The first-order valence-corrected chi connectivity index (χ1v) is 5.27. The fourth-order valence-electron chi connectivity index (χ4n) is 1.50. The largest absolute Gasteiger partial charge is 0.469 e. The van der Waals surface area contributed by atoms with Crippen molar-refractivity contribution in [3.05, 3.63) is 0 Å². The Hall–Kier alpha value is -1.43. The third kappa shape index (κ3) is 3.98. The van der Waals surface area contributed by atoms with Gasteiger partial charge in [-0.05, 0) is 19.4 Å². The van der Waals surface area contributed by atoms with Crippen molar-refractivity contribution in [2.45, 2.75) is 31.7 Å². The normalized spacial score (nSPS) is 20.4. The number of piperidine rings is 1. The SMILES string of the molecule is COC(=O)CCCNC1CCC(=O)NC1=O. The summed E-state index contributed by atoms with van der Waals surface area (Å²) in [6.07, 6.45) is 1.82. The highest BCUT2D eigenvalue weighted by atomic mass is 16.5. The molecule has 1 aliphatic heterocycles. The van der Waals surface area contributed by atoms with E-state index in [9.17, 15) is 14.4 Å². The molecule has 1 rings (SSSR count). The summed E-state index contributed by atoms with van der Waals surface area (Å²) in [6, 6.07) is -0.324. The summed E-state index contributed by atoms with van der Waals surface area (Å²) in [5, 5.41) is 5.26. The Labute approximate surface area is 93.7 Å². The van der Waals surface area contributed by atoms with Crippen LogP contribution in [-0.2, 0) is 19.1 Å². The number of hydrogen-bond donors (Lipinski definition) is 2. The van der Waals surface area contributed by atoms with Crippen molar-refractivity contribution >= 4 is 17.8 Å². The predicted octanol–water partition coefficient (Wildman–Crippen LogP) is -0.666. The van der Waals surface area contributed by atoms with E-state index < -0.39 is 0 Å². The van der Waals surface area contributed by atoms with Gasteiger partial charge in [0.2, 0.25) is 11.8 Å². The summed E-state index contributed by atoms with van der Waals surface area (Å²) in [4.78, 5) is 33.0. The maximum Gasteiger partial charge on any atom is 0.305 e. The van der Waals surface area contributed by atoms with Crippen molar-refractivity contribution in [2.24, 2.45) is 0 Å². The second-order valence-electron chi connectivity index (χ2n) is 3.64. The average Bonchev–Trinajstić information content (AvgIpc) is 2.26. The number of esters is 1. The molecular weight excluding hydrogens is 212 g/mol. The van der Waals surface area contributed by atoms with Gasteiger partial charge in [0, 0.05) is 12.8 Å². The minimum absolute atomic E-state index is 0.224. The van der Waals surface area contributed by atoms with Crippen LogP contribution in [0.1, 0.15) is 25.7 Å². The molecule has 1 atom stereocenters. The van der Waals surface area contributed by atoms with Gasteiger partial charge in [0.05, 0.1) is 13.2 Å². The van der Waals surface area contributed by atoms with Crippen LogP contribution in [0.25, 0.3) is 0 Å². The van der Waals surface area contributed by atoms with Crippen LogP contribution >= 0.6 is 0 Å². The van der Waals surface area contributed by atoms with Gasteiger partial charge >= 0.3 is 5.97 Å². The molecule has 1 unspecified atom stereocenters. The molecule has 2 N–H and O–H groups in total. The van der Waals surface area contributed by atoms with Gasteiger partial charge in [-0.25, -0.2) is 0 Å². The van der Waals surface area contributed by atoms with E-state index in [2.05, 4.69) is 15.4 Å². The van der Waals surface area contributed by atoms with Crippen LogP contribution in [0, 0.1) is 0 Å². The van der Waals surface area contributed by atoms with Crippen molar-refractivity contribution in [3.8, 4) is 0 Å². The summed E-state index contributed by atoms with van der Waals surface area (Å²) in [7, 11) is 1.34. The monoisotopic (exact) mass is 228 g/mol. The number of carbonyl (C=O) groups is 3. The maximum absolute atomic E-state index is 11.3. The zero-order valence-corrected chi connectivity index (χ0v) is 9.25.